The highest BCUT2D eigenvalue weighted by Crippen LogP contribution is 2.36. The molecule has 4 nitrogen and oxygen atoms in total. The molecule has 4 heteroatoms. The summed E-state index contributed by atoms with van der Waals surface area (Å²) in [5, 5.41) is 14.4. The quantitative estimate of drug-likeness (QED) is 0.787. The number of allylic oxidation sites excluding steroid dienone is 2. The van der Waals surface area contributed by atoms with Crippen molar-refractivity contribution in [2.75, 3.05) is 26.1 Å². The average Bonchev–Trinajstić information content (AvgIpc) is 2.53. The Bertz CT molecular complexity index is 578. The molecule has 2 atom stereocenters. The molecule has 1 aromatic carbocycles. The maximum atomic E-state index is 10.8. The van der Waals surface area contributed by atoms with Crippen molar-refractivity contribution >= 4 is 5.69 Å². The fourth-order valence-corrected chi connectivity index (χ4v) is 3.09. The van der Waals surface area contributed by atoms with Crippen LogP contribution in [0, 0.1) is 0 Å². The molecule has 2 rings (SSSR count). The largest absolute Gasteiger partial charge is 0.497 e. The molecular formula is C19H29NO3. The van der Waals surface area contributed by atoms with Gasteiger partial charge in [0.15, 0.2) is 0 Å². The van der Waals surface area contributed by atoms with Crippen LogP contribution in [0.3, 0.4) is 0 Å². The Labute approximate surface area is 139 Å². The fraction of sp³-hybridized carbons (Fsp3) is 0.579. The molecule has 0 spiro atoms. The average molecular weight is 319 g/mol. The summed E-state index contributed by atoms with van der Waals surface area (Å²) in [5.41, 5.74) is 4.40. The zero-order chi connectivity index (χ0) is 17.0. The van der Waals surface area contributed by atoms with Gasteiger partial charge in [-0.2, -0.15) is 0 Å². The van der Waals surface area contributed by atoms with E-state index in [0.29, 0.717) is 13.0 Å². The second kappa shape index (κ2) is 7.37. The first-order valence-corrected chi connectivity index (χ1v) is 8.17. The zero-order valence-corrected chi connectivity index (χ0v) is 14.9. The summed E-state index contributed by atoms with van der Waals surface area (Å²) >= 11 is 0. The molecule has 1 aliphatic heterocycles. The molecule has 1 aromatic rings. The van der Waals surface area contributed by atoms with Crippen LogP contribution in [0.15, 0.2) is 29.3 Å². The summed E-state index contributed by atoms with van der Waals surface area (Å²) < 4.78 is 10.7. The van der Waals surface area contributed by atoms with Gasteiger partial charge in [-0.25, -0.2) is 0 Å². The highest BCUT2D eigenvalue weighted by atomic mass is 16.5. The summed E-state index contributed by atoms with van der Waals surface area (Å²) in [5.74, 6) is 0.817. The van der Waals surface area contributed by atoms with Gasteiger partial charge >= 0.3 is 0 Å². The molecule has 0 bridgehead atoms. The highest BCUT2D eigenvalue weighted by molar-refractivity contribution is 5.59. The van der Waals surface area contributed by atoms with E-state index in [0.717, 1.165) is 29.8 Å². The van der Waals surface area contributed by atoms with E-state index < -0.39 is 11.6 Å². The molecule has 0 saturated heterocycles. The normalized spacial score (nSPS) is 23.0. The number of fused-ring (bicyclic) bond motifs is 1. The second-order valence-corrected chi connectivity index (χ2v) is 6.74. The number of ether oxygens (including phenoxy) is 2. The number of anilines is 1. The monoisotopic (exact) mass is 319 g/mol. The minimum Gasteiger partial charge on any atom is -0.497 e. The van der Waals surface area contributed by atoms with Gasteiger partial charge in [0.1, 0.15) is 5.75 Å². The van der Waals surface area contributed by atoms with Crippen LogP contribution in [-0.2, 0) is 11.2 Å². The van der Waals surface area contributed by atoms with Gasteiger partial charge in [0, 0.05) is 19.2 Å². The van der Waals surface area contributed by atoms with Crippen molar-refractivity contribution in [1.82, 2.24) is 0 Å². The minimum atomic E-state index is -0.494. The number of hydrogen-bond donors (Lipinski definition) is 2. The SMILES string of the molecule is COC[C@]1(CCC(C)=C(C)C)Nc2ccc(OC)cc2C[C@@H]1O. The van der Waals surface area contributed by atoms with E-state index in [-0.39, 0.29) is 0 Å². The van der Waals surface area contributed by atoms with E-state index in [1.165, 1.54) is 11.1 Å². The van der Waals surface area contributed by atoms with Crippen LogP contribution in [0.2, 0.25) is 0 Å². The van der Waals surface area contributed by atoms with Crippen molar-refractivity contribution in [3.05, 3.63) is 34.9 Å². The molecule has 0 unspecified atom stereocenters. The number of benzene rings is 1. The van der Waals surface area contributed by atoms with E-state index >= 15 is 0 Å². The van der Waals surface area contributed by atoms with Crippen molar-refractivity contribution in [3.63, 3.8) is 0 Å². The van der Waals surface area contributed by atoms with Gasteiger partial charge in [-0.1, -0.05) is 11.1 Å². The fourth-order valence-electron chi connectivity index (χ4n) is 3.09. The Morgan fingerprint density at radius 3 is 2.65 bits per heavy atom. The van der Waals surface area contributed by atoms with Crippen LogP contribution < -0.4 is 10.1 Å². The van der Waals surface area contributed by atoms with Gasteiger partial charge in [-0.05, 0) is 57.4 Å². The van der Waals surface area contributed by atoms with Crippen LogP contribution in [0.1, 0.15) is 39.2 Å². The Morgan fingerprint density at radius 2 is 2.04 bits per heavy atom. The Morgan fingerprint density at radius 1 is 1.30 bits per heavy atom. The molecule has 23 heavy (non-hydrogen) atoms. The molecule has 1 heterocycles. The molecule has 2 N–H and O–H groups in total. The second-order valence-electron chi connectivity index (χ2n) is 6.74. The topological polar surface area (TPSA) is 50.7 Å². The minimum absolute atomic E-state index is 0.451. The summed E-state index contributed by atoms with van der Waals surface area (Å²) in [7, 11) is 3.35. The maximum absolute atomic E-state index is 10.8. The third kappa shape index (κ3) is 3.88. The Hall–Kier alpha value is -1.52. The predicted octanol–water partition coefficient (Wildman–Crippen LogP) is 3.55. The van der Waals surface area contributed by atoms with Gasteiger partial charge < -0.3 is 19.9 Å². The summed E-state index contributed by atoms with van der Waals surface area (Å²) in [6, 6.07) is 5.96. The first-order valence-electron chi connectivity index (χ1n) is 8.17. The van der Waals surface area contributed by atoms with Crippen LogP contribution in [0.4, 0.5) is 5.69 Å². The highest BCUT2D eigenvalue weighted by Gasteiger charge is 2.41. The van der Waals surface area contributed by atoms with Crippen molar-refractivity contribution < 1.29 is 14.6 Å². The Balaban J connectivity index is 2.27. The summed E-state index contributed by atoms with van der Waals surface area (Å²) in [4.78, 5) is 0. The number of nitrogens with one attached hydrogen (secondary N) is 1. The lowest BCUT2D eigenvalue weighted by molar-refractivity contribution is 0.0293. The summed E-state index contributed by atoms with van der Waals surface area (Å²) in [6.45, 7) is 6.90. The molecule has 0 aliphatic carbocycles. The Kier molecular flexibility index (Phi) is 5.71. The van der Waals surface area contributed by atoms with Crippen molar-refractivity contribution in [2.45, 2.75) is 51.7 Å². The third-order valence-corrected chi connectivity index (χ3v) is 4.95. The van der Waals surface area contributed by atoms with E-state index in [4.69, 9.17) is 9.47 Å². The summed E-state index contributed by atoms with van der Waals surface area (Å²) in [6.07, 6.45) is 1.90. The molecule has 0 fully saturated rings. The predicted molar refractivity (Wildman–Crippen MR) is 94.2 cm³/mol. The lowest BCUT2D eigenvalue weighted by atomic mass is 9.79. The molecule has 128 valence electrons. The van der Waals surface area contributed by atoms with E-state index in [9.17, 15) is 5.11 Å². The van der Waals surface area contributed by atoms with Crippen LogP contribution >= 0.6 is 0 Å². The molecule has 0 radical (unpaired) electrons. The molecule has 0 aromatic heterocycles. The van der Waals surface area contributed by atoms with Crippen molar-refractivity contribution in [1.29, 1.82) is 0 Å². The molecule has 0 saturated carbocycles. The number of hydrogen-bond acceptors (Lipinski definition) is 4. The lowest BCUT2D eigenvalue weighted by Gasteiger charge is -2.43. The molecule has 0 amide bonds. The number of aliphatic hydroxyl groups is 1. The van der Waals surface area contributed by atoms with Crippen LogP contribution in [0.25, 0.3) is 0 Å². The van der Waals surface area contributed by atoms with Crippen LogP contribution in [0.5, 0.6) is 5.75 Å². The van der Waals surface area contributed by atoms with E-state index in [1.807, 2.05) is 18.2 Å². The number of methoxy groups -OCH3 is 2. The first kappa shape index (κ1) is 17.8. The smallest absolute Gasteiger partial charge is 0.119 e. The van der Waals surface area contributed by atoms with Crippen molar-refractivity contribution in [2.24, 2.45) is 0 Å². The number of aliphatic hydroxyl groups excluding tert-OH is 1. The lowest BCUT2D eigenvalue weighted by Crippen LogP contribution is -2.56. The molecular weight excluding hydrogens is 290 g/mol. The van der Waals surface area contributed by atoms with Gasteiger partial charge in [-0.15, -0.1) is 0 Å². The van der Waals surface area contributed by atoms with Crippen molar-refractivity contribution in [3.8, 4) is 5.75 Å². The third-order valence-electron chi connectivity index (χ3n) is 4.95. The molecule has 1 aliphatic rings. The standard InChI is InChI=1S/C19H29NO3/c1-13(2)14(3)8-9-19(12-22-4)18(21)11-15-10-16(23-5)6-7-17(15)20-19/h6-7,10,18,20-21H,8-9,11-12H2,1-5H3/t18-,19-/m0/s1. The first-order chi connectivity index (χ1) is 10.9. The van der Waals surface area contributed by atoms with Crippen LogP contribution in [-0.4, -0.2) is 37.6 Å². The maximum Gasteiger partial charge on any atom is 0.119 e. The van der Waals surface area contributed by atoms with Gasteiger partial charge in [0.05, 0.1) is 25.4 Å². The van der Waals surface area contributed by atoms with Gasteiger partial charge in [0.2, 0.25) is 0 Å². The number of rotatable bonds is 6. The van der Waals surface area contributed by atoms with E-state index in [2.05, 4.69) is 26.1 Å². The van der Waals surface area contributed by atoms with E-state index in [1.54, 1.807) is 14.2 Å². The zero-order valence-electron chi connectivity index (χ0n) is 14.9. The van der Waals surface area contributed by atoms with Gasteiger partial charge in [-0.3, -0.25) is 0 Å². The van der Waals surface area contributed by atoms with Gasteiger partial charge in [0.25, 0.3) is 0 Å².